The average Bonchev–Trinajstić information content (AvgIpc) is 0.774. The predicted octanol–water partition coefficient (Wildman–Crippen LogP) is 11.7. The molecule has 9 atom stereocenters. The van der Waals surface area contributed by atoms with Crippen molar-refractivity contribution in [1.29, 1.82) is 0 Å². The summed E-state index contributed by atoms with van der Waals surface area (Å²) in [6, 6.07) is -2.41. The number of amides is 1. The van der Waals surface area contributed by atoms with Gasteiger partial charge in [0.25, 0.3) is 5.91 Å². The molecule has 1 fully saturated rings. The molecule has 0 spiro atoms. The van der Waals surface area contributed by atoms with Crippen LogP contribution in [0.15, 0.2) is 12.2 Å². The molecule has 78 heavy (non-hydrogen) atoms. The summed E-state index contributed by atoms with van der Waals surface area (Å²) < 4.78 is 211. The molecule has 0 aromatic heterocycles. The molecule has 18 heteroatoms. The third kappa shape index (κ3) is 35.8. The predicted molar refractivity (Wildman–Crippen MR) is 295 cm³/mol. The molecule has 0 radical (unpaired) electrons. The Morgan fingerprint density at radius 1 is 0.487 bits per heavy atom. The van der Waals surface area contributed by atoms with E-state index in [0.29, 0.717) is 25.7 Å². The summed E-state index contributed by atoms with van der Waals surface area (Å²) in [6.07, 6.45) is 7.57. The van der Waals surface area contributed by atoms with E-state index < -0.39 is 177 Å². The first-order chi connectivity index (χ1) is 45.9. The van der Waals surface area contributed by atoms with Gasteiger partial charge in [-0.2, -0.15) is 0 Å². The van der Waals surface area contributed by atoms with Crippen LogP contribution in [0.3, 0.4) is 0 Å². The van der Waals surface area contributed by atoms with Gasteiger partial charge < -0.3 is 47.9 Å². The van der Waals surface area contributed by atoms with Crippen LogP contribution in [0.25, 0.3) is 0 Å². The van der Waals surface area contributed by atoms with Crippen molar-refractivity contribution >= 4 is 47.7 Å². The smallest absolute Gasteiger partial charge is 0.303 e. The van der Waals surface area contributed by atoms with Crippen molar-refractivity contribution in [3.05, 3.63) is 12.2 Å². The second kappa shape index (κ2) is 45.2. The monoisotopic (exact) mass is 1130 g/mol. The zero-order valence-electron chi connectivity index (χ0n) is 66.9. The number of rotatable bonds is 46. The number of esters is 7. The highest BCUT2D eigenvalue weighted by Gasteiger charge is 2.53. The van der Waals surface area contributed by atoms with Gasteiger partial charge in [-0.25, -0.2) is 0 Å². The van der Waals surface area contributed by atoms with Crippen LogP contribution in [0.2, 0.25) is 0 Å². The van der Waals surface area contributed by atoms with Crippen LogP contribution in [-0.2, 0) is 81.0 Å². The first-order valence-corrected chi connectivity index (χ1v) is 28.0. The van der Waals surface area contributed by atoms with E-state index in [2.05, 4.69) is 19.2 Å². The zero-order chi connectivity index (χ0) is 75.4. The minimum Gasteiger partial charge on any atom is -0.463 e. The quantitative estimate of drug-likeness (QED) is 0.0258. The number of hydrogen-bond acceptors (Lipinski definition) is 17. The maximum absolute atomic E-state index is 14.9. The number of allylic oxidation sites excluding steroid dienone is 1. The Morgan fingerprint density at radius 2 is 0.923 bits per heavy atom. The third-order valence-corrected chi connectivity index (χ3v) is 13.1. The zero-order valence-corrected chi connectivity index (χ0v) is 45.9. The largest absolute Gasteiger partial charge is 0.463 e. The van der Waals surface area contributed by atoms with Crippen LogP contribution in [0.4, 0.5) is 0 Å². The summed E-state index contributed by atoms with van der Waals surface area (Å²) in [4.78, 5) is 108. The molecule has 0 bridgehead atoms. The maximum atomic E-state index is 14.9. The molecule has 1 N–H and O–H groups in total. The van der Waals surface area contributed by atoms with E-state index >= 15 is 0 Å². The van der Waals surface area contributed by atoms with Crippen LogP contribution in [0, 0.1) is 0 Å². The molecule has 0 aliphatic carbocycles. The SMILES string of the molecule is [2H]C([2H])([2H])C(=O)OC[C@H]1O[C@@H](OC[C@H](NC(=O)[C@@H](CCCCCCCCCCCCCCCCCCCC)OC(=O)C([2H])([2H])[2H])[C@H](OC(=O)C([2H])([2H])[2H])[C@@H](C/C=C/CCCCCCCCCCC)OC(=O)C([2H])([2H])[2H])[C@H](OC(=O)C([2H])([2H])[2H])[C@@H](OC(=O)C([2H])([2H])[2H])[C@@H]1OC(=O)C([2H])([2H])[2H]. The molecule has 0 saturated carbocycles. The Balaban J connectivity index is 4.24. The Labute approximate surface area is 497 Å². The van der Waals surface area contributed by atoms with E-state index in [-0.39, 0.29) is 6.42 Å². The summed E-state index contributed by atoms with van der Waals surface area (Å²) in [5.41, 5.74) is 0. The highest BCUT2D eigenvalue weighted by atomic mass is 16.7. The Kier molecular flexibility index (Phi) is 25.0. The number of nitrogens with one attached hydrogen (secondary N) is 1. The molecule has 18 nitrogen and oxygen atoms in total. The lowest BCUT2D eigenvalue weighted by atomic mass is 9.97. The number of carbonyl (C=O) groups is 8. The molecule has 0 aromatic rings. The van der Waals surface area contributed by atoms with Gasteiger partial charge in [0.1, 0.15) is 18.8 Å². The Bertz CT molecular complexity index is 2450. The van der Waals surface area contributed by atoms with Crippen LogP contribution >= 0.6 is 0 Å². The molecule has 0 aromatic carbocycles. The van der Waals surface area contributed by atoms with E-state index in [1.807, 2.05) is 0 Å². The Morgan fingerprint density at radius 3 is 1.42 bits per heavy atom. The van der Waals surface area contributed by atoms with E-state index in [1.165, 1.54) is 57.4 Å². The summed E-state index contributed by atoms with van der Waals surface area (Å²) >= 11 is 0. The van der Waals surface area contributed by atoms with Crippen molar-refractivity contribution in [3.8, 4) is 0 Å². The molecule has 0 unspecified atom stereocenters. The van der Waals surface area contributed by atoms with Crippen LogP contribution in [0.1, 0.15) is 283 Å². The highest BCUT2D eigenvalue weighted by Crippen LogP contribution is 2.31. The van der Waals surface area contributed by atoms with Crippen LogP contribution in [-0.4, -0.2) is 116 Å². The number of hydrogen-bond donors (Lipinski definition) is 1. The summed E-state index contributed by atoms with van der Waals surface area (Å²) in [7, 11) is 0. The highest BCUT2D eigenvalue weighted by molar-refractivity contribution is 5.83. The summed E-state index contributed by atoms with van der Waals surface area (Å²) in [6.45, 7) is -24.8. The summed E-state index contributed by atoms with van der Waals surface area (Å²) in [5.74, 6) is -16.4. The van der Waals surface area contributed by atoms with Gasteiger partial charge >= 0.3 is 41.8 Å². The van der Waals surface area contributed by atoms with Gasteiger partial charge in [0.2, 0.25) is 0 Å². The van der Waals surface area contributed by atoms with Gasteiger partial charge in [0, 0.05) is 83.2 Å². The van der Waals surface area contributed by atoms with Gasteiger partial charge in [0.15, 0.2) is 36.8 Å². The van der Waals surface area contributed by atoms with E-state index in [0.717, 1.165) is 96.3 Å². The standard InChI is InChI=1S/C60H103NO17/c1-10-12-14-16-18-20-22-24-25-26-27-28-29-31-33-35-37-39-41-53(73-46(5)64)59(69)61-51(55(74-47(6)65)52(72-45(4)63)40-38-36-34-32-30-23-21-19-17-15-13-11-2)42-71-60-58(77-50(9)68)57(76-49(8)67)56(75-48(7)66)54(78-60)43-70-44(3)62/h36,38,51-58,60H,10-35,37,39-43H2,1-9H3,(H,61,69)/b38-36+/t51-,52+,53+,54+,55-,56+,57-,58+,60+/m0/s1/i3D3,4D3,5D3,6D3,7D3,8D3,9D3. The maximum Gasteiger partial charge on any atom is 0.303 e. The van der Waals surface area contributed by atoms with Crippen molar-refractivity contribution < 1.29 is 110 Å². The van der Waals surface area contributed by atoms with Gasteiger partial charge in [-0.15, -0.1) is 0 Å². The lowest BCUT2D eigenvalue weighted by molar-refractivity contribution is -0.310. The first kappa shape index (κ1) is 43.2. The normalized spacial score (nSPS) is 23.8. The van der Waals surface area contributed by atoms with Crippen LogP contribution in [0.5, 0.6) is 0 Å². The van der Waals surface area contributed by atoms with Gasteiger partial charge in [0.05, 0.1) is 12.6 Å². The van der Waals surface area contributed by atoms with Crippen molar-refractivity contribution in [3.63, 3.8) is 0 Å². The lowest BCUT2D eigenvalue weighted by Gasteiger charge is -2.44. The molecule has 1 saturated heterocycles. The van der Waals surface area contributed by atoms with E-state index in [1.54, 1.807) is 6.08 Å². The molecule has 1 heterocycles. The molecular formula is C60H103NO17. The van der Waals surface area contributed by atoms with Gasteiger partial charge in [-0.1, -0.05) is 187 Å². The molecule has 1 rings (SSSR count). The first-order valence-electron chi connectivity index (χ1n) is 38.5. The average molecular weight is 1130 g/mol. The fourth-order valence-electron chi connectivity index (χ4n) is 9.22. The summed E-state index contributed by atoms with van der Waals surface area (Å²) in [5, 5.41) is 2.26. The number of ether oxygens (including phenoxy) is 9. The Hall–Kier alpha value is -4.58. The minimum absolute atomic E-state index is 0.0518. The van der Waals surface area contributed by atoms with Gasteiger partial charge in [-0.3, -0.25) is 38.4 Å². The number of carbonyl (C=O) groups excluding carboxylic acids is 8. The second-order valence-corrected chi connectivity index (χ2v) is 19.5. The lowest BCUT2D eigenvalue weighted by Crippen LogP contribution is -2.63. The number of unbranched alkanes of at least 4 members (excludes halogenated alkanes) is 26. The fraction of sp³-hybridized carbons (Fsp3) is 0.833. The second-order valence-electron chi connectivity index (χ2n) is 19.5. The van der Waals surface area contributed by atoms with Crippen molar-refractivity contribution in [2.75, 3.05) is 13.2 Å². The topological polar surface area (TPSA) is 232 Å². The van der Waals surface area contributed by atoms with Crippen molar-refractivity contribution in [2.45, 2.75) is 309 Å². The van der Waals surface area contributed by atoms with Crippen molar-refractivity contribution in [2.24, 2.45) is 0 Å². The fourth-order valence-corrected chi connectivity index (χ4v) is 9.22. The van der Waals surface area contributed by atoms with E-state index in [4.69, 9.17) is 71.4 Å². The van der Waals surface area contributed by atoms with Crippen molar-refractivity contribution in [1.82, 2.24) is 5.32 Å². The van der Waals surface area contributed by atoms with E-state index in [9.17, 15) is 38.4 Å². The molecule has 450 valence electrons. The molecule has 1 aliphatic heterocycles. The third-order valence-electron chi connectivity index (χ3n) is 13.1. The molecule has 1 aliphatic rings. The molecule has 1 amide bonds. The molecular weight excluding hydrogens is 1010 g/mol. The van der Waals surface area contributed by atoms with Crippen LogP contribution < -0.4 is 5.32 Å². The minimum atomic E-state index is -3.85. The van der Waals surface area contributed by atoms with Gasteiger partial charge in [-0.05, 0) is 25.7 Å².